The van der Waals surface area contributed by atoms with Crippen LogP contribution >= 0.6 is 0 Å². The van der Waals surface area contributed by atoms with E-state index in [2.05, 4.69) is 27.8 Å². The first kappa shape index (κ1) is 15.1. The first-order chi connectivity index (χ1) is 9.72. The van der Waals surface area contributed by atoms with Gasteiger partial charge in [0.05, 0.1) is 7.11 Å². The maximum atomic E-state index is 5.72. The largest absolute Gasteiger partial charge is 0.481 e. The highest BCUT2D eigenvalue weighted by Gasteiger charge is 2.17. The van der Waals surface area contributed by atoms with E-state index in [1.807, 2.05) is 12.1 Å². The van der Waals surface area contributed by atoms with E-state index in [9.17, 15) is 0 Å². The summed E-state index contributed by atoms with van der Waals surface area (Å²) < 4.78 is 5.20. The van der Waals surface area contributed by atoms with Gasteiger partial charge in [0.15, 0.2) is 0 Å². The molecule has 1 aromatic rings. The van der Waals surface area contributed by atoms with Crippen LogP contribution in [0.15, 0.2) is 18.2 Å². The van der Waals surface area contributed by atoms with Crippen LogP contribution in [0.1, 0.15) is 13.3 Å². The predicted octanol–water partition coefficient (Wildman–Crippen LogP) is 1.20. The Morgan fingerprint density at radius 1 is 1.30 bits per heavy atom. The number of methoxy groups -OCH3 is 1. The number of rotatable bonds is 5. The van der Waals surface area contributed by atoms with Crippen molar-refractivity contribution in [3.05, 3.63) is 18.2 Å². The second kappa shape index (κ2) is 7.45. The maximum absolute atomic E-state index is 5.72. The Hall–Kier alpha value is -1.33. The fraction of sp³-hybridized carbons (Fsp3) is 0.667. The average molecular weight is 278 g/mol. The molecule has 1 aliphatic rings. The molecular weight excluding hydrogens is 252 g/mol. The fourth-order valence-corrected chi connectivity index (χ4v) is 2.59. The van der Waals surface area contributed by atoms with Gasteiger partial charge in [0.2, 0.25) is 5.88 Å². The van der Waals surface area contributed by atoms with Crippen molar-refractivity contribution in [1.82, 2.24) is 9.88 Å². The van der Waals surface area contributed by atoms with E-state index < -0.39 is 0 Å². The molecule has 2 rings (SSSR count). The zero-order chi connectivity index (χ0) is 14.4. The predicted molar refractivity (Wildman–Crippen MR) is 82.3 cm³/mol. The quantitative estimate of drug-likeness (QED) is 0.877. The SMILES string of the molecule is COc1cccc(N2CCCN(CC(C)CN)CC2)n1. The lowest BCUT2D eigenvalue weighted by atomic mass is 10.1. The molecule has 5 heteroatoms. The van der Waals surface area contributed by atoms with E-state index in [1.165, 1.54) is 0 Å². The molecule has 20 heavy (non-hydrogen) atoms. The highest BCUT2D eigenvalue weighted by atomic mass is 16.5. The normalized spacial score (nSPS) is 18.6. The Morgan fingerprint density at radius 2 is 2.15 bits per heavy atom. The van der Waals surface area contributed by atoms with Crippen LogP contribution in [0.25, 0.3) is 0 Å². The topological polar surface area (TPSA) is 54.6 Å². The van der Waals surface area contributed by atoms with Crippen molar-refractivity contribution < 1.29 is 4.74 Å². The molecule has 2 N–H and O–H groups in total. The number of anilines is 1. The van der Waals surface area contributed by atoms with E-state index in [4.69, 9.17) is 10.5 Å². The van der Waals surface area contributed by atoms with E-state index in [-0.39, 0.29) is 0 Å². The average Bonchev–Trinajstić information content (AvgIpc) is 2.73. The second-order valence-corrected chi connectivity index (χ2v) is 5.52. The Morgan fingerprint density at radius 3 is 2.90 bits per heavy atom. The zero-order valence-corrected chi connectivity index (χ0v) is 12.6. The molecule has 1 fully saturated rings. The van der Waals surface area contributed by atoms with Crippen molar-refractivity contribution in [2.24, 2.45) is 11.7 Å². The Kier molecular flexibility index (Phi) is 5.61. The molecule has 0 spiro atoms. The molecule has 2 heterocycles. The van der Waals surface area contributed by atoms with Crippen molar-refractivity contribution in [1.29, 1.82) is 0 Å². The molecule has 0 aliphatic carbocycles. The van der Waals surface area contributed by atoms with Crippen molar-refractivity contribution in [2.75, 3.05) is 51.3 Å². The number of nitrogens with zero attached hydrogens (tertiary/aromatic N) is 3. The van der Waals surface area contributed by atoms with Gasteiger partial charge in [0.1, 0.15) is 5.82 Å². The fourth-order valence-electron chi connectivity index (χ4n) is 2.59. The van der Waals surface area contributed by atoms with Gasteiger partial charge >= 0.3 is 0 Å². The molecule has 1 aliphatic heterocycles. The monoisotopic (exact) mass is 278 g/mol. The summed E-state index contributed by atoms with van der Waals surface area (Å²) in [7, 11) is 1.66. The van der Waals surface area contributed by atoms with E-state index in [0.717, 1.165) is 51.5 Å². The van der Waals surface area contributed by atoms with Crippen molar-refractivity contribution in [3.8, 4) is 5.88 Å². The summed E-state index contributed by atoms with van der Waals surface area (Å²) in [6.45, 7) is 8.35. The molecule has 1 atom stereocenters. The third-order valence-corrected chi connectivity index (χ3v) is 3.80. The molecule has 1 unspecified atom stereocenters. The van der Waals surface area contributed by atoms with Crippen LogP contribution in [0.5, 0.6) is 5.88 Å². The summed E-state index contributed by atoms with van der Waals surface area (Å²) in [4.78, 5) is 9.38. The van der Waals surface area contributed by atoms with Crippen LogP contribution in [-0.4, -0.2) is 56.3 Å². The smallest absolute Gasteiger partial charge is 0.214 e. The standard InChI is InChI=1S/C15H26N4O/c1-13(11-16)12-18-7-4-8-19(10-9-18)14-5-3-6-15(17-14)20-2/h3,5-6,13H,4,7-12,16H2,1-2H3. The summed E-state index contributed by atoms with van der Waals surface area (Å²) >= 11 is 0. The minimum Gasteiger partial charge on any atom is -0.481 e. The lowest BCUT2D eigenvalue weighted by Gasteiger charge is -2.24. The lowest BCUT2D eigenvalue weighted by molar-refractivity contribution is 0.255. The summed E-state index contributed by atoms with van der Waals surface area (Å²) in [6.07, 6.45) is 1.16. The second-order valence-electron chi connectivity index (χ2n) is 5.52. The van der Waals surface area contributed by atoms with Crippen LogP contribution in [0.2, 0.25) is 0 Å². The molecule has 112 valence electrons. The van der Waals surface area contributed by atoms with Crippen LogP contribution in [0, 0.1) is 5.92 Å². The first-order valence-electron chi connectivity index (χ1n) is 7.41. The van der Waals surface area contributed by atoms with E-state index in [1.54, 1.807) is 7.11 Å². The first-order valence-corrected chi connectivity index (χ1v) is 7.41. The van der Waals surface area contributed by atoms with Crippen molar-refractivity contribution in [3.63, 3.8) is 0 Å². The number of hydrogen-bond donors (Lipinski definition) is 1. The molecule has 0 radical (unpaired) electrons. The number of pyridine rings is 1. The molecule has 1 aromatic heterocycles. The molecule has 0 saturated carbocycles. The Bertz CT molecular complexity index is 413. The molecule has 1 saturated heterocycles. The Labute approximate surface area is 121 Å². The van der Waals surface area contributed by atoms with Crippen molar-refractivity contribution >= 4 is 5.82 Å². The summed E-state index contributed by atoms with van der Waals surface area (Å²) in [5.74, 6) is 2.26. The minimum atomic E-state index is 0.566. The molecule has 0 bridgehead atoms. The van der Waals surface area contributed by atoms with Gasteiger partial charge < -0.3 is 20.3 Å². The Balaban J connectivity index is 1.94. The van der Waals surface area contributed by atoms with Crippen LogP contribution < -0.4 is 15.4 Å². The number of nitrogens with two attached hydrogens (primary N) is 1. The van der Waals surface area contributed by atoms with E-state index in [0.29, 0.717) is 11.8 Å². The summed E-state index contributed by atoms with van der Waals surface area (Å²) in [5, 5.41) is 0. The molecule has 0 amide bonds. The summed E-state index contributed by atoms with van der Waals surface area (Å²) in [6, 6.07) is 5.94. The van der Waals surface area contributed by atoms with Crippen LogP contribution in [0.3, 0.4) is 0 Å². The van der Waals surface area contributed by atoms with Gasteiger partial charge in [0.25, 0.3) is 0 Å². The third-order valence-electron chi connectivity index (χ3n) is 3.80. The summed E-state index contributed by atoms with van der Waals surface area (Å²) in [5.41, 5.74) is 5.72. The van der Waals surface area contributed by atoms with Gasteiger partial charge in [0, 0.05) is 32.2 Å². The maximum Gasteiger partial charge on any atom is 0.214 e. The van der Waals surface area contributed by atoms with Gasteiger partial charge in [-0.25, -0.2) is 0 Å². The van der Waals surface area contributed by atoms with Gasteiger partial charge in [-0.1, -0.05) is 13.0 Å². The van der Waals surface area contributed by atoms with E-state index >= 15 is 0 Å². The van der Waals surface area contributed by atoms with Crippen LogP contribution in [0.4, 0.5) is 5.82 Å². The highest BCUT2D eigenvalue weighted by molar-refractivity contribution is 5.40. The lowest BCUT2D eigenvalue weighted by Crippen LogP contribution is -2.35. The molecule has 5 nitrogen and oxygen atoms in total. The van der Waals surface area contributed by atoms with Gasteiger partial charge in [-0.3, -0.25) is 0 Å². The van der Waals surface area contributed by atoms with Crippen molar-refractivity contribution in [2.45, 2.75) is 13.3 Å². The van der Waals surface area contributed by atoms with Gasteiger partial charge in [-0.05, 0) is 31.5 Å². The molecule has 0 aromatic carbocycles. The minimum absolute atomic E-state index is 0.566. The third kappa shape index (κ3) is 4.08. The van der Waals surface area contributed by atoms with Gasteiger partial charge in [-0.2, -0.15) is 4.98 Å². The number of aromatic nitrogens is 1. The highest BCUT2D eigenvalue weighted by Crippen LogP contribution is 2.17. The zero-order valence-electron chi connectivity index (χ0n) is 12.6. The molecular formula is C15H26N4O. The van der Waals surface area contributed by atoms with Gasteiger partial charge in [-0.15, -0.1) is 0 Å². The van der Waals surface area contributed by atoms with Crippen LogP contribution in [-0.2, 0) is 0 Å². The number of ether oxygens (including phenoxy) is 1. The number of hydrogen-bond acceptors (Lipinski definition) is 5.